The lowest BCUT2D eigenvalue weighted by Crippen LogP contribution is -2.22. The Hall–Kier alpha value is -2.50. The molecule has 0 spiro atoms. The highest BCUT2D eigenvalue weighted by Crippen LogP contribution is 2.19. The van der Waals surface area contributed by atoms with Crippen LogP contribution in [0.2, 0.25) is 0 Å². The van der Waals surface area contributed by atoms with Gasteiger partial charge in [-0.2, -0.15) is 5.10 Å². The highest BCUT2D eigenvalue weighted by Gasteiger charge is 2.17. The van der Waals surface area contributed by atoms with E-state index < -0.39 is 5.82 Å². The lowest BCUT2D eigenvalue weighted by molar-refractivity contribution is 0.0821. The van der Waals surface area contributed by atoms with Crippen LogP contribution in [0.5, 0.6) is 0 Å². The fourth-order valence-electron chi connectivity index (χ4n) is 1.82. The maximum Gasteiger partial charge on any atom is 0.273 e. The Morgan fingerprint density at radius 2 is 1.95 bits per heavy atom. The fraction of sp³-hybridized carbons (Fsp3) is 0.214. The summed E-state index contributed by atoms with van der Waals surface area (Å²) in [6, 6.07) is 5.72. The number of ketones is 1. The summed E-state index contributed by atoms with van der Waals surface area (Å²) in [5, 5.41) is 4.04. The molecule has 20 heavy (non-hydrogen) atoms. The molecule has 0 N–H and O–H groups in total. The van der Waals surface area contributed by atoms with E-state index in [1.54, 1.807) is 14.1 Å². The van der Waals surface area contributed by atoms with Gasteiger partial charge in [-0.25, -0.2) is 9.07 Å². The molecule has 2 aromatic rings. The van der Waals surface area contributed by atoms with Crippen LogP contribution in [0.1, 0.15) is 27.8 Å². The van der Waals surface area contributed by atoms with Crippen molar-refractivity contribution in [3.05, 3.63) is 47.5 Å². The number of hydrogen-bond acceptors (Lipinski definition) is 3. The summed E-state index contributed by atoms with van der Waals surface area (Å²) >= 11 is 0. The van der Waals surface area contributed by atoms with Gasteiger partial charge in [0.2, 0.25) is 0 Å². The number of carbonyl (C=O) groups excluding carboxylic acids is 2. The van der Waals surface area contributed by atoms with Gasteiger partial charge in [-0.15, -0.1) is 0 Å². The minimum Gasteiger partial charge on any atom is -0.343 e. The van der Waals surface area contributed by atoms with Crippen molar-refractivity contribution < 1.29 is 14.0 Å². The number of nitrogens with zero attached hydrogens (tertiary/aromatic N) is 3. The average Bonchev–Trinajstić information content (AvgIpc) is 2.86. The van der Waals surface area contributed by atoms with Crippen molar-refractivity contribution in [2.45, 2.75) is 6.92 Å². The zero-order chi connectivity index (χ0) is 14.9. The Morgan fingerprint density at radius 3 is 2.55 bits per heavy atom. The van der Waals surface area contributed by atoms with Gasteiger partial charge in [0.25, 0.3) is 5.91 Å². The number of aromatic nitrogens is 2. The first-order valence-corrected chi connectivity index (χ1v) is 5.99. The predicted octanol–water partition coefficient (Wildman–Crippen LogP) is 1.92. The summed E-state index contributed by atoms with van der Waals surface area (Å²) in [4.78, 5) is 24.7. The quantitative estimate of drug-likeness (QED) is 0.804. The molecule has 1 aromatic heterocycles. The molecule has 6 heteroatoms. The van der Waals surface area contributed by atoms with E-state index in [-0.39, 0.29) is 28.6 Å². The van der Waals surface area contributed by atoms with E-state index in [0.29, 0.717) is 0 Å². The van der Waals surface area contributed by atoms with Gasteiger partial charge in [0.15, 0.2) is 11.5 Å². The van der Waals surface area contributed by atoms with Crippen molar-refractivity contribution in [1.29, 1.82) is 0 Å². The second-order valence-corrected chi connectivity index (χ2v) is 4.54. The zero-order valence-corrected chi connectivity index (χ0v) is 11.4. The van der Waals surface area contributed by atoms with E-state index in [1.165, 1.54) is 47.0 Å². The summed E-state index contributed by atoms with van der Waals surface area (Å²) < 4.78 is 15.2. The third-order valence-electron chi connectivity index (χ3n) is 2.81. The first kappa shape index (κ1) is 13.9. The normalized spacial score (nSPS) is 10.4. The predicted molar refractivity (Wildman–Crippen MR) is 71.5 cm³/mol. The number of rotatable bonds is 3. The molecule has 0 bridgehead atoms. The van der Waals surface area contributed by atoms with Crippen LogP contribution in [0.15, 0.2) is 30.5 Å². The van der Waals surface area contributed by atoms with Crippen molar-refractivity contribution in [3.8, 4) is 5.69 Å². The monoisotopic (exact) mass is 275 g/mol. The molecule has 0 saturated heterocycles. The average molecular weight is 275 g/mol. The van der Waals surface area contributed by atoms with Crippen LogP contribution in [0.4, 0.5) is 4.39 Å². The van der Waals surface area contributed by atoms with Gasteiger partial charge in [-0.05, 0) is 25.1 Å². The van der Waals surface area contributed by atoms with Crippen molar-refractivity contribution in [2.24, 2.45) is 0 Å². The third kappa shape index (κ3) is 2.45. The first-order valence-electron chi connectivity index (χ1n) is 5.99. The minimum atomic E-state index is -0.565. The maximum atomic E-state index is 14.0. The molecule has 5 nitrogen and oxygen atoms in total. The molecule has 0 saturated carbocycles. The first-order chi connectivity index (χ1) is 9.41. The van der Waals surface area contributed by atoms with Crippen LogP contribution in [0, 0.1) is 5.82 Å². The topological polar surface area (TPSA) is 55.2 Å². The molecular weight excluding hydrogens is 261 g/mol. The maximum absolute atomic E-state index is 14.0. The van der Waals surface area contributed by atoms with Crippen LogP contribution in [0.3, 0.4) is 0 Å². The van der Waals surface area contributed by atoms with Crippen LogP contribution < -0.4 is 0 Å². The molecular formula is C14H14FN3O2. The molecule has 2 rings (SSSR count). The van der Waals surface area contributed by atoms with Crippen molar-refractivity contribution in [2.75, 3.05) is 14.1 Å². The number of Topliss-reactive ketones (excluding diaryl/α,β-unsaturated/α-hetero) is 1. The number of para-hydroxylation sites is 1. The van der Waals surface area contributed by atoms with E-state index >= 15 is 0 Å². The summed E-state index contributed by atoms with van der Waals surface area (Å²) in [6.45, 7) is 1.35. The largest absolute Gasteiger partial charge is 0.343 e. The molecule has 0 atom stereocenters. The molecule has 1 heterocycles. The highest BCUT2D eigenvalue weighted by molar-refractivity contribution is 5.98. The molecule has 0 aliphatic rings. The Bertz CT molecular complexity index is 677. The Kier molecular flexibility index (Phi) is 3.65. The van der Waals surface area contributed by atoms with Gasteiger partial charge >= 0.3 is 0 Å². The van der Waals surface area contributed by atoms with E-state index in [0.717, 1.165) is 0 Å². The third-order valence-corrected chi connectivity index (χ3v) is 2.81. The van der Waals surface area contributed by atoms with Gasteiger partial charge in [0, 0.05) is 25.9 Å². The van der Waals surface area contributed by atoms with Crippen LogP contribution in [-0.4, -0.2) is 40.5 Å². The molecule has 0 aliphatic carbocycles. The lowest BCUT2D eigenvalue weighted by atomic mass is 10.1. The number of benzene rings is 1. The Morgan fingerprint density at radius 1 is 1.25 bits per heavy atom. The molecule has 1 amide bonds. The van der Waals surface area contributed by atoms with E-state index in [2.05, 4.69) is 5.10 Å². The fourth-order valence-corrected chi connectivity index (χ4v) is 1.82. The molecule has 0 fully saturated rings. The summed E-state index contributed by atoms with van der Waals surface area (Å²) in [6.07, 6.45) is 1.46. The summed E-state index contributed by atoms with van der Waals surface area (Å²) in [5.74, 6) is -1.12. The van der Waals surface area contributed by atoms with E-state index in [4.69, 9.17) is 0 Å². The zero-order valence-electron chi connectivity index (χ0n) is 11.4. The number of amides is 1. The van der Waals surface area contributed by atoms with Crippen LogP contribution in [-0.2, 0) is 0 Å². The van der Waals surface area contributed by atoms with Crippen LogP contribution >= 0.6 is 0 Å². The molecule has 0 aliphatic heterocycles. The number of carbonyl (C=O) groups is 2. The Balaban J connectivity index is 2.53. The number of hydrogen-bond donors (Lipinski definition) is 0. The van der Waals surface area contributed by atoms with Gasteiger partial charge in [-0.1, -0.05) is 6.07 Å². The van der Waals surface area contributed by atoms with Crippen molar-refractivity contribution >= 4 is 11.7 Å². The molecule has 1 aromatic carbocycles. The summed E-state index contributed by atoms with van der Waals surface area (Å²) in [5.41, 5.74) is 0.461. The Labute approximate surface area is 115 Å². The standard InChI is InChI=1S/C14H14FN3O2/c1-9(19)10-5-4-6-11(15)13(10)18-8-7-12(16-18)14(20)17(2)3/h4-8H,1-3H3. The molecule has 104 valence electrons. The van der Waals surface area contributed by atoms with E-state index in [1.807, 2.05) is 0 Å². The number of halogens is 1. The second kappa shape index (κ2) is 5.24. The molecule has 0 unspecified atom stereocenters. The smallest absolute Gasteiger partial charge is 0.273 e. The van der Waals surface area contributed by atoms with Gasteiger partial charge in [0.05, 0.1) is 0 Å². The van der Waals surface area contributed by atoms with Crippen molar-refractivity contribution in [1.82, 2.24) is 14.7 Å². The highest BCUT2D eigenvalue weighted by atomic mass is 19.1. The van der Waals surface area contributed by atoms with E-state index in [9.17, 15) is 14.0 Å². The summed E-state index contributed by atoms with van der Waals surface area (Å²) in [7, 11) is 3.21. The van der Waals surface area contributed by atoms with Gasteiger partial charge in [0.1, 0.15) is 11.5 Å². The minimum absolute atomic E-state index is 0.0535. The lowest BCUT2D eigenvalue weighted by Gasteiger charge is -2.09. The van der Waals surface area contributed by atoms with Crippen LogP contribution in [0.25, 0.3) is 5.69 Å². The van der Waals surface area contributed by atoms with Crippen molar-refractivity contribution in [3.63, 3.8) is 0 Å². The van der Waals surface area contributed by atoms with Gasteiger partial charge < -0.3 is 4.90 Å². The second-order valence-electron chi connectivity index (χ2n) is 4.54. The van der Waals surface area contributed by atoms with Gasteiger partial charge in [-0.3, -0.25) is 9.59 Å². The molecule has 0 radical (unpaired) electrons. The SMILES string of the molecule is CC(=O)c1cccc(F)c1-n1ccc(C(=O)N(C)C)n1.